The maximum atomic E-state index is 9.75. The van der Waals surface area contributed by atoms with Crippen molar-refractivity contribution in [1.29, 1.82) is 0 Å². The summed E-state index contributed by atoms with van der Waals surface area (Å²) in [4.78, 5) is 2.16. The van der Waals surface area contributed by atoms with Crippen LogP contribution in [0.15, 0.2) is 10.2 Å². The summed E-state index contributed by atoms with van der Waals surface area (Å²) in [5, 5.41) is 9.75. The molecule has 0 aromatic heterocycles. The van der Waals surface area contributed by atoms with E-state index in [0.717, 1.165) is 19.5 Å². The van der Waals surface area contributed by atoms with Gasteiger partial charge in [0.25, 0.3) is 0 Å². The van der Waals surface area contributed by atoms with Gasteiger partial charge in [-0.3, -0.25) is 0 Å². The zero-order valence-electron chi connectivity index (χ0n) is 9.10. The molecule has 0 amide bonds. The van der Waals surface area contributed by atoms with Crippen molar-refractivity contribution in [1.82, 2.24) is 4.90 Å². The molecule has 0 aliphatic carbocycles. The van der Waals surface area contributed by atoms with E-state index in [0.29, 0.717) is 19.1 Å². The van der Waals surface area contributed by atoms with E-state index < -0.39 is 0 Å². The molecule has 0 aromatic carbocycles. The van der Waals surface area contributed by atoms with Crippen LogP contribution in [-0.4, -0.2) is 49.5 Å². The average molecular weight is 538 g/mol. The molecule has 0 spiro atoms. The summed E-state index contributed by atoms with van der Waals surface area (Å²) in [5.41, 5.74) is 0. The van der Waals surface area contributed by atoms with E-state index in [2.05, 4.69) is 27.5 Å². The maximum Gasteiger partial charge on any atom is 0.0717 e. The summed E-state index contributed by atoms with van der Waals surface area (Å²) in [7, 11) is 2.04. The fourth-order valence-electron chi connectivity index (χ4n) is 1.66. The van der Waals surface area contributed by atoms with Gasteiger partial charge in [-0.2, -0.15) is 0 Å². The van der Waals surface area contributed by atoms with Gasteiger partial charge in [0.1, 0.15) is 0 Å². The first-order valence-corrected chi connectivity index (χ1v) is 6.18. The monoisotopic (exact) mass is 538 g/mol. The van der Waals surface area contributed by atoms with E-state index in [1.54, 1.807) is 0 Å². The van der Waals surface area contributed by atoms with Crippen molar-refractivity contribution >= 4 is 22.6 Å². The second-order valence-corrected chi connectivity index (χ2v) is 4.50. The van der Waals surface area contributed by atoms with Crippen LogP contribution in [-0.2, 0) is 4.74 Å². The Morgan fingerprint density at radius 3 is 2.93 bits per heavy atom. The second kappa shape index (κ2) is 9.78. The molecule has 5 heteroatoms. The number of ether oxygens (including phenoxy) is 1. The smallest absolute Gasteiger partial charge is 0.0717 e. The molecule has 3 nitrogen and oxygen atoms in total. The number of rotatable bonds is 4. The third-order valence-corrected chi connectivity index (χ3v) is 3.07. The van der Waals surface area contributed by atoms with Crippen molar-refractivity contribution in [2.75, 3.05) is 33.4 Å². The molecule has 2 unspecified atom stereocenters. The number of aliphatic hydroxyl groups is 1. The quantitative estimate of drug-likeness (QED) is 0.433. The number of aliphatic hydroxyl groups excluding tert-OH is 1. The summed E-state index contributed by atoms with van der Waals surface area (Å²) < 4.78 is 7.40. The molecule has 0 aromatic rings. The van der Waals surface area contributed by atoms with Crippen LogP contribution in [0.3, 0.4) is 0 Å². The van der Waals surface area contributed by atoms with Crippen LogP contribution in [0.1, 0.15) is 6.42 Å². The predicted molar refractivity (Wildman–Crippen MR) is 65.6 cm³/mol. The van der Waals surface area contributed by atoms with Gasteiger partial charge in [-0.15, -0.1) is 0 Å². The molecule has 0 saturated carbocycles. The van der Waals surface area contributed by atoms with E-state index in [-0.39, 0.29) is 50.2 Å². The molecule has 1 fully saturated rings. The summed E-state index contributed by atoms with van der Waals surface area (Å²) in [6.45, 7) is 3.17. The van der Waals surface area contributed by atoms with Gasteiger partial charge in [0.15, 0.2) is 0 Å². The predicted octanol–water partition coefficient (Wildman–Crippen LogP) is 1.26. The Balaban J connectivity index is 0.00000196. The van der Waals surface area contributed by atoms with Gasteiger partial charge < -0.3 is 14.7 Å². The summed E-state index contributed by atoms with van der Waals surface area (Å²) in [6.07, 6.45) is 2.78. The van der Waals surface area contributed by atoms with Crippen molar-refractivity contribution < 1.29 is 53.9 Å². The Kier molecular flexibility index (Phi) is 11.0. The Bertz CT molecular complexity index is 192. The third-order valence-electron chi connectivity index (χ3n) is 2.56. The molecule has 1 rings (SSSR count). The molecule has 1 aliphatic rings. The maximum absolute atomic E-state index is 9.75. The zero-order valence-corrected chi connectivity index (χ0v) is 16.0. The number of hydrogen-bond acceptors (Lipinski definition) is 3. The van der Waals surface area contributed by atoms with Crippen LogP contribution in [0.25, 0.3) is 0 Å². The largest absolute Gasteiger partial charge is 0.391 e. The van der Waals surface area contributed by atoms with E-state index in [1.807, 2.05) is 17.2 Å². The van der Waals surface area contributed by atoms with Gasteiger partial charge in [-0.25, -0.2) is 0 Å². The van der Waals surface area contributed by atoms with Crippen LogP contribution in [0.4, 0.5) is 0 Å². The van der Waals surface area contributed by atoms with Crippen LogP contribution >= 0.6 is 22.6 Å². The minimum absolute atomic E-state index is 0. The minimum atomic E-state index is -0.225. The van der Waals surface area contributed by atoms with Gasteiger partial charge in [0.2, 0.25) is 0 Å². The van der Waals surface area contributed by atoms with Crippen molar-refractivity contribution in [3.8, 4) is 0 Å². The molecule has 1 radical (unpaired) electrons. The Labute approximate surface area is 141 Å². The van der Waals surface area contributed by atoms with Gasteiger partial charge in [0, 0.05) is 56.5 Å². The molecule has 1 saturated heterocycles. The molecule has 0 bridgehead atoms. The number of halogens is 1. The van der Waals surface area contributed by atoms with Gasteiger partial charge >= 0.3 is 0 Å². The van der Waals surface area contributed by atoms with E-state index in [4.69, 9.17) is 4.74 Å². The Morgan fingerprint density at radius 1 is 1.60 bits per heavy atom. The zero-order chi connectivity index (χ0) is 10.4. The second-order valence-electron chi connectivity index (χ2n) is 3.78. The van der Waals surface area contributed by atoms with Gasteiger partial charge in [0.05, 0.1) is 19.3 Å². The number of hydrogen-bond donors (Lipinski definition) is 1. The van der Waals surface area contributed by atoms with Crippen LogP contribution in [0.2, 0.25) is 0 Å². The number of piperidine rings is 1. The van der Waals surface area contributed by atoms with Crippen molar-refractivity contribution in [3.63, 3.8) is 0 Å². The molecule has 1 heterocycles. The third kappa shape index (κ3) is 6.95. The van der Waals surface area contributed by atoms with E-state index in [1.165, 1.54) is 0 Å². The fraction of sp³-hybridized carbons (Fsp3) is 0.800. The number of nitrogens with zero attached hydrogens (tertiary/aromatic N) is 1. The molecule has 15 heavy (non-hydrogen) atoms. The Hall–Kier alpha value is 1.79. The SMILES string of the molecule is CN1CCC(COC/C=C/I)C(O)C1.[Ac]. The molecule has 85 valence electrons. The summed E-state index contributed by atoms with van der Waals surface area (Å²) >= 11 is 2.17. The molecule has 1 N–H and O–H groups in total. The molecule has 1 aliphatic heterocycles. The molecule has 2 atom stereocenters. The van der Waals surface area contributed by atoms with Gasteiger partial charge in [-0.05, 0) is 24.1 Å². The first-order valence-electron chi connectivity index (χ1n) is 4.93. The standard InChI is InChI=1S/C10H18INO2.Ac/c1-12-5-3-9(10(13)7-12)8-14-6-2-4-11;/h2,4,9-10,13H,3,5-8H2,1H3;/b4-2+;. The summed E-state index contributed by atoms with van der Waals surface area (Å²) in [5.74, 6) is 0.314. The average Bonchev–Trinajstić information content (AvgIpc) is 2.15. The van der Waals surface area contributed by atoms with E-state index in [9.17, 15) is 5.11 Å². The molecular weight excluding hydrogens is 520 g/mol. The summed E-state index contributed by atoms with van der Waals surface area (Å²) in [6, 6.07) is 0. The first kappa shape index (κ1) is 16.8. The van der Waals surface area contributed by atoms with Gasteiger partial charge in [-0.1, -0.05) is 28.7 Å². The fourth-order valence-corrected chi connectivity index (χ4v) is 1.86. The molecular formula is C10H18AcINO2. The van der Waals surface area contributed by atoms with Crippen LogP contribution in [0.5, 0.6) is 0 Å². The topological polar surface area (TPSA) is 32.7 Å². The number of likely N-dealkylation sites (N-methyl/N-ethyl adjacent to an activating group) is 1. The first-order chi connectivity index (χ1) is 6.74. The van der Waals surface area contributed by atoms with Crippen LogP contribution < -0.4 is 0 Å². The Morgan fingerprint density at radius 2 is 2.33 bits per heavy atom. The van der Waals surface area contributed by atoms with Crippen molar-refractivity contribution in [3.05, 3.63) is 10.2 Å². The normalized spacial score (nSPS) is 27.9. The van der Waals surface area contributed by atoms with Crippen molar-refractivity contribution in [2.45, 2.75) is 12.5 Å². The van der Waals surface area contributed by atoms with Crippen molar-refractivity contribution in [2.24, 2.45) is 5.92 Å². The minimum Gasteiger partial charge on any atom is -0.391 e. The van der Waals surface area contributed by atoms with E-state index >= 15 is 0 Å². The number of likely N-dealkylation sites (tertiary alicyclic amines) is 1. The number of β-amino-alcohol motifs (C(OH)–C–C–N with tert-alkyl or cyclic N) is 1. The van der Waals surface area contributed by atoms with Crippen LogP contribution in [0, 0.1) is 50.0 Å².